The van der Waals surface area contributed by atoms with E-state index in [-0.39, 0.29) is 0 Å². The predicted octanol–water partition coefficient (Wildman–Crippen LogP) is 2.51. The maximum absolute atomic E-state index is 5.91. The van der Waals surface area contributed by atoms with E-state index in [1.807, 2.05) is 23.6 Å². The average Bonchev–Trinajstić information content (AvgIpc) is 2.94. The molecular formula is C12H11ClN4O. The monoisotopic (exact) mass is 262 g/mol. The fraction of sp³-hybridized carbons (Fsp3) is 0.250. The van der Waals surface area contributed by atoms with Crippen LogP contribution in [-0.4, -0.2) is 19.5 Å². The Kier molecular flexibility index (Phi) is 2.76. The molecule has 0 saturated carbocycles. The van der Waals surface area contributed by atoms with Crippen molar-refractivity contribution in [1.29, 1.82) is 0 Å². The van der Waals surface area contributed by atoms with Crippen LogP contribution in [0.2, 0.25) is 0 Å². The summed E-state index contributed by atoms with van der Waals surface area (Å²) in [5, 5.41) is 0. The molecule has 6 heteroatoms. The number of alkyl halides is 1. The number of fused-ring (bicyclic) bond motifs is 1. The average molecular weight is 263 g/mol. The highest BCUT2D eigenvalue weighted by atomic mass is 35.5. The summed E-state index contributed by atoms with van der Waals surface area (Å²) in [5.41, 5.74) is 1.63. The van der Waals surface area contributed by atoms with Gasteiger partial charge in [-0.25, -0.2) is 15.0 Å². The van der Waals surface area contributed by atoms with Crippen molar-refractivity contribution < 1.29 is 4.42 Å². The highest BCUT2D eigenvalue weighted by Gasteiger charge is 2.13. The Balaban J connectivity index is 2.09. The molecule has 18 heavy (non-hydrogen) atoms. The van der Waals surface area contributed by atoms with Crippen LogP contribution in [0.25, 0.3) is 11.2 Å². The minimum Gasteiger partial charge on any atom is -0.444 e. The van der Waals surface area contributed by atoms with Gasteiger partial charge in [0.25, 0.3) is 0 Å². The van der Waals surface area contributed by atoms with Gasteiger partial charge in [0.1, 0.15) is 23.6 Å². The first kappa shape index (κ1) is 11.2. The van der Waals surface area contributed by atoms with Crippen molar-refractivity contribution in [3.63, 3.8) is 0 Å². The van der Waals surface area contributed by atoms with Crippen LogP contribution in [-0.2, 0) is 12.4 Å². The highest BCUT2D eigenvalue weighted by Crippen LogP contribution is 2.17. The quantitative estimate of drug-likeness (QED) is 0.681. The number of imidazole rings is 1. The van der Waals surface area contributed by atoms with Gasteiger partial charge >= 0.3 is 0 Å². The molecule has 0 fully saturated rings. The molecule has 92 valence electrons. The number of oxazole rings is 1. The third-order valence-corrected chi connectivity index (χ3v) is 2.90. The van der Waals surface area contributed by atoms with Crippen molar-refractivity contribution in [2.75, 3.05) is 0 Å². The second-order valence-electron chi connectivity index (χ2n) is 3.96. The van der Waals surface area contributed by atoms with Crippen LogP contribution in [0, 0.1) is 6.92 Å². The number of rotatable bonds is 3. The van der Waals surface area contributed by atoms with Crippen LogP contribution in [0.1, 0.15) is 17.5 Å². The van der Waals surface area contributed by atoms with Crippen molar-refractivity contribution >= 4 is 22.8 Å². The number of halogens is 1. The molecule has 3 aromatic rings. The lowest BCUT2D eigenvalue weighted by atomic mass is 10.4. The molecule has 3 heterocycles. The first-order chi connectivity index (χ1) is 8.78. The van der Waals surface area contributed by atoms with E-state index in [0.717, 1.165) is 22.7 Å². The van der Waals surface area contributed by atoms with Gasteiger partial charge < -0.3 is 8.98 Å². The van der Waals surface area contributed by atoms with E-state index in [0.29, 0.717) is 18.3 Å². The molecule has 0 amide bonds. The van der Waals surface area contributed by atoms with E-state index < -0.39 is 0 Å². The Morgan fingerprint density at radius 1 is 1.39 bits per heavy atom. The van der Waals surface area contributed by atoms with E-state index in [2.05, 4.69) is 15.0 Å². The zero-order valence-corrected chi connectivity index (χ0v) is 10.6. The van der Waals surface area contributed by atoms with Crippen LogP contribution in [0.5, 0.6) is 0 Å². The zero-order valence-electron chi connectivity index (χ0n) is 9.80. The maximum Gasteiger partial charge on any atom is 0.214 e. The molecule has 0 unspecified atom stereocenters. The van der Waals surface area contributed by atoms with Crippen LogP contribution in [0.15, 0.2) is 28.9 Å². The minimum atomic E-state index is 0.329. The molecule has 5 nitrogen and oxygen atoms in total. The van der Waals surface area contributed by atoms with Crippen molar-refractivity contribution in [3.8, 4) is 0 Å². The molecule has 0 aliphatic heterocycles. The van der Waals surface area contributed by atoms with Crippen molar-refractivity contribution in [2.45, 2.75) is 19.3 Å². The van der Waals surface area contributed by atoms with Gasteiger partial charge in [-0.15, -0.1) is 11.6 Å². The van der Waals surface area contributed by atoms with E-state index >= 15 is 0 Å². The largest absolute Gasteiger partial charge is 0.444 e. The van der Waals surface area contributed by atoms with Crippen molar-refractivity contribution in [1.82, 2.24) is 19.5 Å². The second-order valence-corrected chi connectivity index (χ2v) is 4.23. The third-order valence-electron chi connectivity index (χ3n) is 2.66. The first-order valence-electron chi connectivity index (χ1n) is 5.55. The van der Waals surface area contributed by atoms with Gasteiger partial charge in [-0.05, 0) is 19.1 Å². The maximum atomic E-state index is 5.91. The topological polar surface area (TPSA) is 56.7 Å². The Labute approximate surface area is 108 Å². The molecule has 0 aliphatic rings. The third kappa shape index (κ3) is 1.86. The lowest BCUT2D eigenvalue weighted by Crippen LogP contribution is -2.04. The molecule has 0 spiro atoms. The van der Waals surface area contributed by atoms with Gasteiger partial charge in [0.15, 0.2) is 5.65 Å². The molecule has 0 aromatic carbocycles. The summed E-state index contributed by atoms with van der Waals surface area (Å²) in [6, 6.07) is 3.77. The molecule has 0 aliphatic carbocycles. The summed E-state index contributed by atoms with van der Waals surface area (Å²) in [6.45, 7) is 2.35. The first-order valence-corrected chi connectivity index (χ1v) is 6.09. The minimum absolute atomic E-state index is 0.329. The predicted molar refractivity (Wildman–Crippen MR) is 67.4 cm³/mol. The molecule has 0 atom stereocenters. The Morgan fingerprint density at radius 3 is 3.00 bits per heavy atom. The summed E-state index contributed by atoms with van der Waals surface area (Å²) in [4.78, 5) is 12.9. The highest BCUT2D eigenvalue weighted by molar-refractivity contribution is 6.16. The molecule has 3 aromatic heterocycles. The summed E-state index contributed by atoms with van der Waals surface area (Å²) in [7, 11) is 0. The molecular weight excluding hydrogens is 252 g/mol. The molecule has 0 bridgehead atoms. The van der Waals surface area contributed by atoms with Crippen LogP contribution < -0.4 is 0 Å². The molecule has 0 saturated heterocycles. The van der Waals surface area contributed by atoms with E-state index in [1.165, 1.54) is 0 Å². The lowest BCUT2D eigenvalue weighted by Gasteiger charge is -2.03. The number of aryl methyl sites for hydroxylation is 1. The fourth-order valence-corrected chi connectivity index (χ4v) is 2.09. The van der Waals surface area contributed by atoms with Crippen LogP contribution in [0.4, 0.5) is 0 Å². The van der Waals surface area contributed by atoms with Gasteiger partial charge in [0.2, 0.25) is 5.89 Å². The number of hydrogen-bond donors (Lipinski definition) is 0. The van der Waals surface area contributed by atoms with Gasteiger partial charge in [-0.2, -0.15) is 0 Å². The summed E-state index contributed by atoms with van der Waals surface area (Å²) >= 11 is 5.91. The Morgan fingerprint density at radius 2 is 2.28 bits per heavy atom. The van der Waals surface area contributed by atoms with Crippen molar-refractivity contribution in [2.24, 2.45) is 0 Å². The van der Waals surface area contributed by atoms with Crippen molar-refractivity contribution in [3.05, 3.63) is 42.0 Å². The second kappa shape index (κ2) is 4.42. The smallest absolute Gasteiger partial charge is 0.214 e. The normalized spacial score (nSPS) is 11.2. The number of hydrogen-bond acceptors (Lipinski definition) is 4. The Hall–Kier alpha value is -1.88. The van der Waals surface area contributed by atoms with Crippen LogP contribution in [0.3, 0.4) is 0 Å². The SMILES string of the molecule is Cc1cnc(Cn2c(CCl)nc3cccnc32)o1. The molecule has 0 radical (unpaired) electrons. The lowest BCUT2D eigenvalue weighted by molar-refractivity contribution is 0.457. The number of pyridine rings is 1. The summed E-state index contributed by atoms with van der Waals surface area (Å²) < 4.78 is 7.40. The summed E-state index contributed by atoms with van der Waals surface area (Å²) in [5.74, 6) is 2.51. The van der Waals surface area contributed by atoms with Gasteiger partial charge in [0, 0.05) is 6.20 Å². The summed E-state index contributed by atoms with van der Waals surface area (Å²) in [6.07, 6.45) is 3.43. The van der Waals surface area contributed by atoms with Gasteiger partial charge in [0.05, 0.1) is 12.1 Å². The fourth-order valence-electron chi connectivity index (χ4n) is 1.88. The Bertz CT molecular complexity index is 688. The van der Waals surface area contributed by atoms with E-state index in [1.54, 1.807) is 12.4 Å². The zero-order chi connectivity index (χ0) is 12.5. The number of nitrogens with zero attached hydrogens (tertiary/aromatic N) is 4. The molecule has 0 N–H and O–H groups in total. The molecule has 3 rings (SSSR count). The van der Waals surface area contributed by atoms with Crippen LogP contribution >= 0.6 is 11.6 Å². The standard InChI is InChI=1S/C12H11ClN4O/c1-8-6-15-11(18-8)7-17-10(5-13)16-9-3-2-4-14-12(9)17/h2-4,6H,5,7H2,1H3. The van der Waals surface area contributed by atoms with Gasteiger partial charge in [-0.3, -0.25) is 0 Å². The van der Waals surface area contributed by atoms with E-state index in [4.69, 9.17) is 16.0 Å². The van der Waals surface area contributed by atoms with Gasteiger partial charge in [-0.1, -0.05) is 0 Å². The number of aromatic nitrogens is 4. The van der Waals surface area contributed by atoms with E-state index in [9.17, 15) is 0 Å².